The quantitative estimate of drug-likeness (QED) is 0.436. The first kappa shape index (κ1) is 18.8. The Hall–Kier alpha value is -3.18. The van der Waals surface area contributed by atoms with Gasteiger partial charge in [0.25, 0.3) is 5.91 Å². The van der Waals surface area contributed by atoms with Crippen molar-refractivity contribution in [2.45, 2.75) is 24.0 Å². The molecule has 150 valence electrons. The van der Waals surface area contributed by atoms with Crippen molar-refractivity contribution in [3.63, 3.8) is 0 Å². The maximum Gasteiger partial charge on any atom is 0.287 e. The van der Waals surface area contributed by atoms with Crippen LogP contribution >= 0.6 is 11.8 Å². The average molecular weight is 416 g/mol. The first-order valence-electron chi connectivity index (χ1n) is 10.0. The van der Waals surface area contributed by atoms with Crippen molar-refractivity contribution in [3.05, 3.63) is 95.7 Å². The van der Waals surface area contributed by atoms with Crippen LogP contribution in [0.5, 0.6) is 5.75 Å². The normalized spacial score (nSPS) is 15.5. The number of amides is 1. The topological polar surface area (TPSA) is 51.5 Å². The summed E-state index contributed by atoms with van der Waals surface area (Å²) in [6, 6.07) is 25.5. The minimum atomic E-state index is -0.204. The van der Waals surface area contributed by atoms with E-state index in [9.17, 15) is 4.79 Å². The molecule has 30 heavy (non-hydrogen) atoms. The highest BCUT2D eigenvalue weighted by Crippen LogP contribution is 2.36. The number of thioether (sulfide) groups is 1. The highest BCUT2D eigenvalue weighted by molar-refractivity contribution is 7.99. The fraction of sp³-hybridized carbons (Fsp3) is 0.160. The molecule has 0 radical (unpaired) electrons. The van der Waals surface area contributed by atoms with Gasteiger partial charge in [-0.15, -0.1) is 11.8 Å². The summed E-state index contributed by atoms with van der Waals surface area (Å²) in [6.45, 7) is 0.265. The third-order valence-corrected chi connectivity index (χ3v) is 6.42. The fourth-order valence-electron chi connectivity index (χ4n) is 3.81. The number of rotatable bonds is 5. The molecular formula is C25H21NO3S. The SMILES string of the molecule is O=C(NC1CCSc2ccccc21)c1oc2ccccc2c1COc1ccccc1. The van der Waals surface area contributed by atoms with Crippen molar-refractivity contribution < 1.29 is 13.9 Å². The summed E-state index contributed by atoms with van der Waals surface area (Å²) >= 11 is 1.83. The highest BCUT2D eigenvalue weighted by Gasteiger charge is 2.26. The molecule has 0 bridgehead atoms. The van der Waals surface area contributed by atoms with Gasteiger partial charge >= 0.3 is 0 Å². The Morgan fingerprint density at radius 3 is 2.67 bits per heavy atom. The summed E-state index contributed by atoms with van der Waals surface area (Å²) < 4.78 is 11.9. The first-order chi connectivity index (χ1) is 14.8. The van der Waals surface area contributed by atoms with Gasteiger partial charge in [-0.05, 0) is 36.2 Å². The van der Waals surface area contributed by atoms with Crippen LogP contribution in [-0.4, -0.2) is 11.7 Å². The van der Waals surface area contributed by atoms with Crippen LogP contribution in [0.2, 0.25) is 0 Å². The molecule has 1 aromatic heterocycles. The van der Waals surface area contributed by atoms with Crippen molar-refractivity contribution in [1.29, 1.82) is 0 Å². The second-order valence-electron chi connectivity index (χ2n) is 7.21. The van der Waals surface area contributed by atoms with Gasteiger partial charge in [0.15, 0.2) is 5.76 Å². The molecule has 1 atom stereocenters. The summed E-state index contributed by atoms with van der Waals surface area (Å²) in [7, 11) is 0. The van der Waals surface area contributed by atoms with Crippen LogP contribution in [0.3, 0.4) is 0 Å². The smallest absolute Gasteiger partial charge is 0.287 e. The third kappa shape index (κ3) is 3.68. The number of furan rings is 1. The Bertz CT molecular complexity index is 1190. The van der Waals surface area contributed by atoms with E-state index in [-0.39, 0.29) is 18.6 Å². The molecule has 3 aromatic carbocycles. The van der Waals surface area contributed by atoms with E-state index in [2.05, 4.69) is 17.4 Å². The van der Waals surface area contributed by atoms with Gasteiger partial charge in [0.1, 0.15) is 17.9 Å². The van der Waals surface area contributed by atoms with Crippen molar-refractivity contribution >= 4 is 28.6 Å². The van der Waals surface area contributed by atoms with Crippen LogP contribution in [-0.2, 0) is 6.61 Å². The van der Waals surface area contributed by atoms with Gasteiger partial charge in [0, 0.05) is 21.6 Å². The predicted octanol–water partition coefficient (Wildman–Crippen LogP) is 5.98. The third-order valence-electron chi connectivity index (χ3n) is 5.29. The first-order valence-corrected chi connectivity index (χ1v) is 11.0. The molecule has 1 aliphatic heterocycles. The Balaban J connectivity index is 1.44. The molecule has 1 aliphatic rings. The van der Waals surface area contributed by atoms with Crippen molar-refractivity contribution in [2.75, 3.05) is 5.75 Å². The van der Waals surface area contributed by atoms with Crippen molar-refractivity contribution in [1.82, 2.24) is 5.32 Å². The van der Waals surface area contributed by atoms with Crippen LogP contribution in [0.25, 0.3) is 11.0 Å². The van der Waals surface area contributed by atoms with E-state index in [0.717, 1.165) is 28.9 Å². The molecule has 0 saturated heterocycles. The molecule has 0 saturated carbocycles. The number of hydrogen-bond donors (Lipinski definition) is 1. The summed E-state index contributed by atoms with van der Waals surface area (Å²) in [5.74, 6) is 1.85. The molecule has 0 aliphatic carbocycles. The zero-order valence-electron chi connectivity index (χ0n) is 16.3. The lowest BCUT2D eigenvalue weighted by molar-refractivity contribution is 0.0905. The lowest BCUT2D eigenvalue weighted by Crippen LogP contribution is -2.31. The number of hydrogen-bond acceptors (Lipinski definition) is 4. The zero-order chi connectivity index (χ0) is 20.3. The number of carbonyl (C=O) groups excluding carboxylic acids is 1. The lowest BCUT2D eigenvalue weighted by atomic mass is 10.0. The Morgan fingerprint density at radius 1 is 1.00 bits per heavy atom. The number of carbonyl (C=O) groups is 1. The molecule has 5 heteroatoms. The fourth-order valence-corrected chi connectivity index (χ4v) is 4.94. The van der Waals surface area contributed by atoms with E-state index in [1.54, 1.807) is 0 Å². The maximum atomic E-state index is 13.3. The Morgan fingerprint density at radius 2 is 1.77 bits per heavy atom. The second kappa shape index (κ2) is 8.28. The van der Waals surface area contributed by atoms with Gasteiger partial charge < -0.3 is 14.5 Å². The van der Waals surface area contributed by atoms with Gasteiger partial charge in [-0.1, -0.05) is 54.6 Å². The molecule has 5 rings (SSSR count). The van der Waals surface area contributed by atoms with Crippen LogP contribution in [0.15, 0.2) is 88.2 Å². The Labute approximate surface area is 179 Å². The lowest BCUT2D eigenvalue weighted by Gasteiger charge is -2.25. The van der Waals surface area contributed by atoms with E-state index < -0.39 is 0 Å². The van der Waals surface area contributed by atoms with Crippen molar-refractivity contribution in [3.8, 4) is 5.75 Å². The minimum absolute atomic E-state index is 0.0222. The molecular weight excluding hydrogens is 394 g/mol. The highest BCUT2D eigenvalue weighted by atomic mass is 32.2. The molecule has 0 fully saturated rings. The van der Waals surface area contributed by atoms with Crippen LogP contribution in [0, 0.1) is 0 Å². The molecule has 0 spiro atoms. The van der Waals surface area contributed by atoms with Crippen LogP contribution in [0.4, 0.5) is 0 Å². The summed E-state index contributed by atoms with van der Waals surface area (Å²) in [6.07, 6.45) is 0.892. The molecule has 1 N–H and O–H groups in total. The molecule has 4 aromatic rings. The van der Waals surface area contributed by atoms with Gasteiger partial charge in [-0.25, -0.2) is 0 Å². The molecule has 2 heterocycles. The Kier molecular flexibility index (Phi) is 5.20. The summed E-state index contributed by atoms with van der Waals surface area (Å²) in [5.41, 5.74) is 2.62. The molecule has 1 amide bonds. The van der Waals surface area contributed by atoms with Crippen LogP contribution in [0.1, 0.15) is 34.1 Å². The molecule has 4 nitrogen and oxygen atoms in total. The van der Waals surface area contributed by atoms with Crippen LogP contribution < -0.4 is 10.1 Å². The molecule has 1 unspecified atom stereocenters. The average Bonchev–Trinajstić information content (AvgIpc) is 3.17. The van der Waals surface area contributed by atoms with Gasteiger partial charge in [-0.3, -0.25) is 4.79 Å². The summed E-state index contributed by atoms with van der Waals surface area (Å²) in [4.78, 5) is 14.5. The predicted molar refractivity (Wildman–Crippen MR) is 119 cm³/mol. The number of fused-ring (bicyclic) bond motifs is 2. The maximum absolute atomic E-state index is 13.3. The van der Waals surface area contributed by atoms with E-state index in [4.69, 9.17) is 9.15 Å². The van der Waals surface area contributed by atoms with Gasteiger partial charge in [-0.2, -0.15) is 0 Å². The number of benzene rings is 3. The largest absolute Gasteiger partial charge is 0.489 e. The van der Waals surface area contributed by atoms with E-state index in [1.165, 1.54) is 10.5 Å². The number of ether oxygens (including phenoxy) is 1. The van der Waals surface area contributed by atoms with E-state index in [1.807, 2.05) is 78.5 Å². The number of para-hydroxylation sites is 2. The van der Waals surface area contributed by atoms with Gasteiger partial charge in [0.2, 0.25) is 0 Å². The van der Waals surface area contributed by atoms with E-state index in [0.29, 0.717) is 11.3 Å². The second-order valence-corrected chi connectivity index (χ2v) is 8.35. The van der Waals surface area contributed by atoms with Gasteiger partial charge in [0.05, 0.1) is 6.04 Å². The standard InChI is InChI=1S/C25H21NO3S/c27-25(26-21-14-15-30-23-13-7-5-11-19(21)23)24-20(16-28-17-8-2-1-3-9-17)18-10-4-6-12-22(18)29-24/h1-13,21H,14-16H2,(H,26,27). The summed E-state index contributed by atoms with van der Waals surface area (Å²) in [5, 5.41) is 4.09. The van der Waals surface area contributed by atoms with E-state index >= 15 is 0 Å². The zero-order valence-corrected chi connectivity index (χ0v) is 17.2. The number of nitrogens with one attached hydrogen (secondary N) is 1. The van der Waals surface area contributed by atoms with Crippen molar-refractivity contribution in [2.24, 2.45) is 0 Å². The monoisotopic (exact) mass is 415 g/mol. The minimum Gasteiger partial charge on any atom is -0.489 e.